The van der Waals surface area contributed by atoms with Crippen LogP contribution in [0, 0.1) is 6.61 Å². The second-order valence-electron chi connectivity index (χ2n) is 15.7. The van der Waals surface area contributed by atoms with Crippen LogP contribution >= 0.6 is 0 Å². The predicted octanol–water partition coefficient (Wildman–Crippen LogP) is 8.85. The Kier molecular flexibility index (Phi) is 33.3. The van der Waals surface area contributed by atoms with E-state index in [1.165, 1.54) is 12.4 Å². The smallest absolute Gasteiger partial charge is 0.254 e. The van der Waals surface area contributed by atoms with Gasteiger partial charge in [0, 0.05) is 6.61 Å². The van der Waals surface area contributed by atoms with E-state index in [1.807, 2.05) is 60.7 Å². The number of aromatic hydroxyl groups is 2. The summed E-state index contributed by atoms with van der Waals surface area (Å²) in [6.07, 6.45) is 12.3. The van der Waals surface area contributed by atoms with Gasteiger partial charge in [-0.25, -0.2) is 9.97 Å². The molecule has 2 N–H and O–H groups in total. The van der Waals surface area contributed by atoms with Crippen molar-refractivity contribution >= 4 is 0 Å². The molecule has 6 rings (SSSR count). The summed E-state index contributed by atoms with van der Waals surface area (Å²) >= 11 is 0. The molecular weight excluding hydrogens is 989 g/mol. The second kappa shape index (κ2) is 41.1. The van der Waals surface area contributed by atoms with E-state index in [0.717, 1.165) is 35.8 Å². The number of rotatable bonds is 38. The summed E-state index contributed by atoms with van der Waals surface area (Å²) in [6.45, 7) is 24.5. The third kappa shape index (κ3) is 28.0. The van der Waals surface area contributed by atoms with Gasteiger partial charge in [-0.3, -0.25) is 19.9 Å². The monoisotopic (exact) mass is 1060 g/mol. The minimum absolute atomic E-state index is 0.116. The molecule has 0 fully saturated rings. The first-order valence-electron chi connectivity index (χ1n) is 25.2. The Morgan fingerprint density at radius 2 is 0.740 bits per heavy atom. The van der Waals surface area contributed by atoms with Gasteiger partial charge in [-0.05, 0) is 79.2 Å². The lowest BCUT2D eigenvalue weighted by Gasteiger charge is -2.09. The fourth-order valence-electron chi connectivity index (χ4n) is 6.08. The normalized spacial score (nSPS) is 10.6. The average Bonchev–Trinajstić information content (AvgIpc) is 3.46. The first kappa shape index (κ1) is 62.4. The highest BCUT2D eigenvalue weighted by Gasteiger charge is 2.09. The van der Waals surface area contributed by atoms with E-state index in [2.05, 4.69) is 51.6 Å². The van der Waals surface area contributed by atoms with Crippen LogP contribution in [0.4, 0.5) is 0 Å². The Balaban J connectivity index is 0.000000315. The maximum Gasteiger partial charge on any atom is 0.254 e. The van der Waals surface area contributed by atoms with Crippen LogP contribution in [0.3, 0.4) is 0 Å². The lowest BCUT2D eigenvalue weighted by atomic mass is 10.2. The minimum atomic E-state index is 0.116. The molecule has 77 heavy (non-hydrogen) atoms. The predicted molar refractivity (Wildman–Crippen MR) is 293 cm³/mol. The van der Waals surface area contributed by atoms with Gasteiger partial charge in [-0.1, -0.05) is 37.3 Å². The molecule has 0 saturated heterocycles. The Labute approximate surface area is 452 Å². The summed E-state index contributed by atoms with van der Waals surface area (Å²) in [5, 5.41) is 18.5. The fraction of sp³-hybridized carbons (Fsp3) is 0.362. The first-order valence-corrected chi connectivity index (χ1v) is 25.2. The molecule has 0 bridgehead atoms. The summed E-state index contributed by atoms with van der Waals surface area (Å²) in [5.41, 5.74) is 5.66. The number of hydrogen-bond acceptors (Lipinski definition) is 19. The van der Waals surface area contributed by atoms with Crippen molar-refractivity contribution in [2.75, 3.05) is 126 Å². The van der Waals surface area contributed by atoms with Gasteiger partial charge in [0.1, 0.15) is 42.8 Å². The summed E-state index contributed by atoms with van der Waals surface area (Å²) in [4.78, 5) is 26.5. The molecule has 0 aliphatic rings. The van der Waals surface area contributed by atoms with E-state index in [1.54, 1.807) is 61.5 Å². The van der Waals surface area contributed by atoms with Crippen LogP contribution in [-0.2, 0) is 42.6 Å². The number of aromatic nitrogens is 6. The maximum atomic E-state index is 9.25. The molecule has 412 valence electrons. The van der Waals surface area contributed by atoms with Gasteiger partial charge < -0.3 is 57.6 Å². The molecule has 0 spiro atoms. The van der Waals surface area contributed by atoms with Crippen LogP contribution in [-0.4, -0.2) is 166 Å². The molecule has 0 atom stereocenters. The van der Waals surface area contributed by atoms with E-state index in [9.17, 15) is 10.2 Å². The largest absolute Gasteiger partial charge is 0.506 e. The molecule has 6 heterocycles. The quantitative estimate of drug-likeness (QED) is 0.0210. The molecular formula is C58H73N6O13+. The maximum absolute atomic E-state index is 9.25. The van der Waals surface area contributed by atoms with Crippen molar-refractivity contribution < 1.29 is 62.3 Å². The summed E-state index contributed by atoms with van der Waals surface area (Å²) in [7, 11) is 0. The summed E-state index contributed by atoms with van der Waals surface area (Å²) in [6, 6.07) is 25.3. The average molecular weight is 1060 g/mol. The molecule has 6 aromatic heterocycles. The molecule has 0 radical (unpaired) electrons. The van der Waals surface area contributed by atoms with Gasteiger partial charge in [0.2, 0.25) is 6.61 Å². The highest BCUT2D eigenvalue weighted by atomic mass is 16.6. The van der Waals surface area contributed by atoms with Crippen LogP contribution in [0.15, 0.2) is 148 Å². The lowest BCUT2D eigenvalue weighted by molar-refractivity contribution is 0.0135. The third-order valence-electron chi connectivity index (χ3n) is 9.70. The fourth-order valence-corrected chi connectivity index (χ4v) is 6.08. The highest BCUT2D eigenvalue weighted by molar-refractivity contribution is 5.63. The molecule has 0 aromatic carbocycles. The Bertz CT molecular complexity index is 2300. The van der Waals surface area contributed by atoms with Gasteiger partial charge in [0.25, 0.3) is 6.61 Å². The first-order chi connectivity index (χ1) is 37.9. The zero-order valence-electron chi connectivity index (χ0n) is 44.0. The standard InChI is InChI=1S/C33H43N3O8.C15H11N3O2.C10H19O3/c1-3-12-37-14-16-39-18-20-41-22-24-43-28-8-10-30(34-26-28)32-6-5-7-33(36-32)31-11-9-29(27-35-31)44-25-23-42-21-19-40-17-15-38-13-4-2;19-10-4-6-12(16-8-10)14-2-1-3-15(18-14)13-7-5-11(20)9-17-13;1-3-5-11-7-9-13-10-8-12-6-4-2/h3-11,26-27H,1-2,12-25H2;1-9,19-20H;3,9H,1,4-8,10H2,2H3/q;;+1. The van der Waals surface area contributed by atoms with Gasteiger partial charge in [-0.15, -0.1) is 19.7 Å². The van der Waals surface area contributed by atoms with E-state index in [-0.39, 0.29) is 11.5 Å². The van der Waals surface area contributed by atoms with Crippen molar-refractivity contribution in [2.45, 2.75) is 13.3 Å². The molecule has 6 aromatic rings. The Hall–Kier alpha value is -7.17. The van der Waals surface area contributed by atoms with Crippen LogP contribution in [0.2, 0.25) is 0 Å². The van der Waals surface area contributed by atoms with Gasteiger partial charge >= 0.3 is 0 Å². The summed E-state index contributed by atoms with van der Waals surface area (Å²) < 4.78 is 59.2. The molecule has 0 unspecified atom stereocenters. The number of hydrogen-bond donors (Lipinski definition) is 2. The van der Waals surface area contributed by atoms with Crippen molar-refractivity contribution in [1.82, 2.24) is 29.9 Å². The van der Waals surface area contributed by atoms with Crippen molar-refractivity contribution in [3.05, 3.63) is 154 Å². The van der Waals surface area contributed by atoms with Crippen LogP contribution in [0.5, 0.6) is 23.0 Å². The lowest BCUT2D eigenvalue weighted by Crippen LogP contribution is -2.12. The van der Waals surface area contributed by atoms with Crippen molar-refractivity contribution in [2.24, 2.45) is 0 Å². The molecule has 0 amide bonds. The van der Waals surface area contributed by atoms with Crippen molar-refractivity contribution in [1.29, 1.82) is 0 Å². The SMILES string of the molecule is C=CCOCCOCCOCCOc1ccc(-c2cccc(-c3ccc(OCCOCCOCCOCC=C)cn3)n2)nc1.C=CCOC[CH+]OCCOCCC.Oc1ccc(-c2cccc(-c3ccc(O)cn3)n2)nc1. The topological polar surface area (TPSA) is 219 Å². The van der Waals surface area contributed by atoms with E-state index < -0.39 is 0 Å². The molecule has 0 saturated carbocycles. The molecule has 19 nitrogen and oxygen atoms in total. The second-order valence-corrected chi connectivity index (χ2v) is 15.7. The molecule has 19 heteroatoms. The number of ether oxygens (including phenoxy) is 11. The van der Waals surface area contributed by atoms with Gasteiger partial charge in [-0.2, -0.15) is 4.74 Å². The Morgan fingerprint density at radius 1 is 0.390 bits per heavy atom. The van der Waals surface area contributed by atoms with Crippen molar-refractivity contribution in [3.63, 3.8) is 0 Å². The zero-order chi connectivity index (χ0) is 54.6. The van der Waals surface area contributed by atoms with Gasteiger partial charge in [0.15, 0.2) is 0 Å². The van der Waals surface area contributed by atoms with Crippen LogP contribution in [0.1, 0.15) is 13.3 Å². The molecule has 0 aliphatic carbocycles. The number of pyridine rings is 6. The zero-order valence-corrected chi connectivity index (χ0v) is 44.0. The van der Waals surface area contributed by atoms with Crippen LogP contribution in [0.25, 0.3) is 45.6 Å². The minimum Gasteiger partial charge on any atom is -0.506 e. The summed E-state index contributed by atoms with van der Waals surface area (Å²) in [5.74, 6) is 1.55. The number of nitrogens with zero attached hydrogens (tertiary/aromatic N) is 6. The third-order valence-corrected chi connectivity index (χ3v) is 9.70. The van der Waals surface area contributed by atoms with Crippen molar-refractivity contribution in [3.8, 4) is 68.5 Å². The van der Waals surface area contributed by atoms with E-state index >= 15 is 0 Å². The Morgan fingerprint density at radius 3 is 1.10 bits per heavy atom. The van der Waals surface area contributed by atoms with E-state index in [0.29, 0.717) is 153 Å². The highest BCUT2D eigenvalue weighted by Crippen LogP contribution is 2.24. The van der Waals surface area contributed by atoms with E-state index in [4.69, 9.17) is 57.1 Å². The van der Waals surface area contributed by atoms with Crippen LogP contribution < -0.4 is 9.47 Å². The van der Waals surface area contributed by atoms with Gasteiger partial charge in [0.05, 0.1) is 163 Å². The molecule has 0 aliphatic heterocycles.